The number of hydrogen-bond acceptors (Lipinski definition) is 8. The SMILES string of the molecule is CC(=O)Nc1c(-c2nc3c(=O)[nH]c(N)nc3n2[C@H]2C[C@H](O)[C@@H](CO)O2)ccc2c1Cc1ccccc1-2. The predicted molar refractivity (Wildman–Crippen MR) is 132 cm³/mol. The number of imidazole rings is 1. The van der Waals surface area contributed by atoms with E-state index in [0.29, 0.717) is 23.5 Å². The van der Waals surface area contributed by atoms with Crippen molar-refractivity contribution in [3.63, 3.8) is 0 Å². The van der Waals surface area contributed by atoms with Crippen LogP contribution in [0.2, 0.25) is 0 Å². The van der Waals surface area contributed by atoms with Crippen molar-refractivity contribution in [1.29, 1.82) is 0 Å². The molecule has 0 unspecified atom stereocenters. The second kappa shape index (κ2) is 8.26. The largest absolute Gasteiger partial charge is 0.394 e. The molecule has 11 heteroatoms. The number of carbonyl (C=O) groups excluding carboxylic acids is 1. The number of hydrogen-bond donors (Lipinski definition) is 5. The van der Waals surface area contributed by atoms with E-state index in [1.54, 1.807) is 4.57 Å². The number of aromatic nitrogens is 4. The van der Waals surface area contributed by atoms with E-state index in [4.69, 9.17) is 10.5 Å². The Morgan fingerprint density at radius 3 is 2.75 bits per heavy atom. The maximum atomic E-state index is 12.7. The van der Waals surface area contributed by atoms with Crippen LogP contribution in [0, 0.1) is 0 Å². The highest BCUT2D eigenvalue weighted by atomic mass is 16.5. The summed E-state index contributed by atoms with van der Waals surface area (Å²) >= 11 is 0. The molecule has 6 N–H and O–H groups in total. The van der Waals surface area contributed by atoms with Crippen molar-refractivity contribution in [2.75, 3.05) is 17.7 Å². The lowest BCUT2D eigenvalue weighted by Gasteiger charge is -2.20. The van der Waals surface area contributed by atoms with Crippen LogP contribution in [-0.4, -0.2) is 54.5 Å². The number of aliphatic hydroxyl groups excluding tert-OH is 2. The summed E-state index contributed by atoms with van der Waals surface area (Å²) in [7, 11) is 0. The van der Waals surface area contributed by atoms with Crippen molar-refractivity contribution in [2.45, 2.75) is 38.2 Å². The Labute approximate surface area is 204 Å². The molecule has 3 atom stereocenters. The molecule has 1 saturated heterocycles. The molecule has 3 heterocycles. The number of rotatable bonds is 4. The van der Waals surface area contributed by atoms with Gasteiger partial charge < -0.3 is 26.0 Å². The molecule has 36 heavy (non-hydrogen) atoms. The first-order valence-corrected chi connectivity index (χ1v) is 11.6. The van der Waals surface area contributed by atoms with E-state index < -0.39 is 24.0 Å². The number of nitrogen functional groups attached to an aromatic ring is 1. The highest BCUT2D eigenvalue weighted by molar-refractivity contribution is 5.99. The lowest BCUT2D eigenvalue weighted by molar-refractivity contribution is -0.114. The number of ether oxygens (including phenoxy) is 1. The molecule has 2 aromatic carbocycles. The van der Waals surface area contributed by atoms with Crippen LogP contribution in [0.3, 0.4) is 0 Å². The summed E-state index contributed by atoms with van der Waals surface area (Å²) in [5.74, 6) is -0.0211. The summed E-state index contributed by atoms with van der Waals surface area (Å²) in [6.45, 7) is 1.06. The summed E-state index contributed by atoms with van der Waals surface area (Å²) in [6.07, 6.45) is -1.74. The molecule has 0 radical (unpaired) electrons. The van der Waals surface area contributed by atoms with Crippen molar-refractivity contribution in [3.8, 4) is 22.5 Å². The molecule has 1 aliphatic heterocycles. The van der Waals surface area contributed by atoms with Crippen LogP contribution in [0.5, 0.6) is 0 Å². The zero-order valence-corrected chi connectivity index (χ0v) is 19.4. The van der Waals surface area contributed by atoms with Crippen molar-refractivity contribution >= 4 is 28.7 Å². The number of amides is 1. The predicted octanol–water partition coefficient (Wildman–Crippen LogP) is 1.54. The highest BCUT2D eigenvalue weighted by Gasteiger charge is 2.38. The first kappa shape index (κ1) is 22.4. The van der Waals surface area contributed by atoms with E-state index in [-0.39, 0.29) is 36.0 Å². The number of aliphatic hydroxyl groups is 2. The minimum Gasteiger partial charge on any atom is -0.394 e. The monoisotopic (exact) mass is 488 g/mol. The number of benzene rings is 2. The van der Waals surface area contributed by atoms with E-state index in [0.717, 1.165) is 22.3 Å². The van der Waals surface area contributed by atoms with Crippen LogP contribution in [-0.2, 0) is 16.0 Å². The second-order valence-corrected chi connectivity index (χ2v) is 9.07. The van der Waals surface area contributed by atoms with Gasteiger partial charge in [-0.15, -0.1) is 0 Å². The number of H-pyrrole nitrogens is 1. The van der Waals surface area contributed by atoms with Gasteiger partial charge in [-0.1, -0.05) is 30.3 Å². The Morgan fingerprint density at radius 2 is 2.00 bits per heavy atom. The van der Waals surface area contributed by atoms with Crippen molar-refractivity contribution < 1.29 is 19.7 Å². The first-order chi connectivity index (χ1) is 17.4. The quantitative estimate of drug-likeness (QED) is 0.254. The van der Waals surface area contributed by atoms with Gasteiger partial charge in [0.05, 0.1) is 18.4 Å². The lowest BCUT2D eigenvalue weighted by Crippen LogP contribution is -2.24. The van der Waals surface area contributed by atoms with Gasteiger partial charge in [0.2, 0.25) is 11.9 Å². The van der Waals surface area contributed by atoms with Crippen LogP contribution in [0.25, 0.3) is 33.7 Å². The molecule has 0 saturated carbocycles. The molecule has 0 spiro atoms. The fraction of sp³-hybridized carbons (Fsp3) is 0.280. The van der Waals surface area contributed by atoms with Gasteiger partial charge in [-0.2, -0.15) is 4.98 Å². The standard InChI is InChI=1S/C25H24N6O5/c1-11(33)27-20-15(7-6-14-13-5-3-2-4-12(13)8-16(14)20)22-28-21-23(29-25(26)30-24(21)35)31(22)19-9-17(34)18(10-32)36-19/h2-7,17-19,32,34H,8-10H2,1H3,(H,27,33)(H3,26,29,30,35)/t17-,18+,19+/m0/s1. The van der Waals surface area contributed by atoms with Gasteiger partial charge in [-0.3, -0.25) is 19.1 Å². The van der Waals surface area contributed by atoms with Crippen molar-refractivity contribution in [3.05, 3.63) is 57.9 Å². The average Bonchev–Trinajstić information content (AvgIpc) is 3.51. The number of fused-ring (bicyclic) bond motifs is 4. The summed E-state index contributed by atoms with van der Waals surface area (Å²) in [6, 6.07) is 11.9. The van der Waals surface area contributed by atoms with Crippen molar-refractivity contribution in [2.24, 2.45) is 0 Å². The first-order valence-electron chi connectivity index (χ1n) is 11.6. The van der Waals surface area contributed by atoms with Gasteiger partial charge in [0, 0.05) is 25.3 Å². The summed E-state index contributed by atoms with van der Waals surface area (Å²) in [5, 5.41) is 23.0. The summed E-state index contributed by atoms with van der Waals surface area (Å²) in [4.78, 5) is 36.4. The molecule has 1 aliphatic carbocycles. The number of anilines is 2. The maximum Gasteiger partial charge on any atom is 0.280 e. The van der Waals surface area contributed by atoms with E-state index in [2.05, 4.69) is 26.3 Å². The molecular weight excluding hydrogens is 464 g/mol. The van der Waals surface area contributed by atoms with Gasteiger partial charge in [0.15, 0.2) is 11.2 Å². The molecule has 1 amide bonds. The number of nitrogens with two attached hydrogens (primary N) is 1. The van der Waals surface area contributed by atoms with Crippen LogP contribution >= 0.6 is 0 Å². The van der Waals surface area contributed by atoms with Gasteiger partial charge in [0.1, 0.15) is 18.2 Å². The highest BCUT2D eigenvalue weighted by Crippen LogP contribution is 2.45. The lowest BCUT2D eigenvalue weighted by atomic mass is 10.00. The van der Waals surface area contributed by atoms with E-state index in [1.807, 2.05) is 30.3 Å². The molecule has 184 valence electrons. The summed E-state index contributed by atoms with van der Waals surface area (Å²) in [5.41, 5.74) is 10.9. The third-order valence-electron chi connectivity index (χ3n) is 6.77. The Balaban J connectivity index is 1.62. The summed E-state index contributed by atoms with van der Waals surface area (Å²) < 4.78 is 7.53. The van der Waals surface area contributed by atoms with Crippen LogP contribution in [0.4, 0.5) is 11.6 Å². The molecule has 0 bridgehead atoms. The Morgan fingerprint density at radius 1 is 1.22 bits per heavy atom. The molecule has 2 aliphatic rings. The van der Waals surface area contributed by atoms with Gasteiger partial charge in [-0.25, -0.2) is 4.98 Å². The zero-order chi connectivity index (χ0) is 25.1. The molecule has 1 fully saturated rings. The normalized spacial score (nSPS) is 20.5. The minimum atomic E-state index is -0.922. The van der Waals surface area contributed by atoms with Crippen molar-refractivity contribution in [1.82, 2.24) is 19.5 Å². The smallest absolute Gasteiger partial charge is 0.280 e. The second-order valence-electron chi connectivity index (χ2n) is 9.07. The van der Waals surface area contributed by atoms with E-state index >= 15 is 0 Å². The van der Waals surface area contributed by atoms with E-state index in [1.165, 1.54) is 6.92 Å². The average molecular weight is 489 g/mol. The van der Waals surface area contributed by atoms with Gasteiger partial charge >= 0.3 is 0 Å². The minimum absolute atomic E-state index is 0.0438. The molecule has 6 rings (SSSR count). The van der Waals surface area contributed by atoms with Crippen LogP contribution < -0.4 is 16.6 Å². The fourth-order valence-electron chi connectivity index (χ4n) is 5.22. The molecular formula is C25H24N6O5. The number of carbonyl (C=O) groups is 1. The molecule has 11 nitrogen and oxygen atoms in total. The number of aromatic amines is 1. The van der Waals surface area contributed by atoms with Crippen LogP contribution in [0.15, 0.2) is 41.2 Å². The number of nitrogens with one attached hydrogen (secondary N) is 2. The molecule has 4 aromatic rings. The maximum absolute atomic E-state index is 12.7. The van der Waals surface area contributed by atoms with Gasteiger partial charge in [0.25, 0.3) is 5.56 Å². The number of nitrogens with zero attached hydrogens (tertiary/aromatic N) is 3. The van der Waals surface area contributed by atoms with Crippen LogP contribution in [0.1, 0.15) is 30.7 Å². The topological polar surface area (TPSA) is 168 Å². The fourth-order valence-corrected chi connectivity index (χ4v) is 5.22. The third kappa shape index (κ3) is 3.40. The van der Waals surface area contributed by atoms with Gasteiger partial charge in [-0.05, 0) is 28.3 Å². The molecule has 2 aromatic heterocycles. The third-order valence-corrected chi connectivity index (χ3v) is 6.77. The van der Waals surface area contributed by atoms with E-state index in [9.17, 15) is 19.8 Å². The Bertz CT molecular complexity index is 1590. The zero-order valence-electron chi connectivity index (χ0n) is 19.4. The Hall–Kier alpha value is -4.06. The Kier molecular flexibility index (Phi) is 5.14.